The lowest BCUT2D eigenvalue weighted by molar-refractivity contribution is -0.145. The van der Waals surface area contributed by atoms with E-state index in [9.17, 15) is 9.59 Å². The number of rotatable bonds is 4. The zero-order valence-electron chi connectivity index (χ0n) is 15.5. The summed E-state index contributed by atoms with van der Waals surface area (Å²) in [7, 11) is 0. The molecule has 2 aromatic heterocycles. The van der Waals surface area contributed by atoms with Gasteiger partial charge >= 0.3 is 0 Å². The Morgan fingerprint density at radius 1 is 1.19 bits per heavy atom. The lowest BCUT2D eigenvalue weighted by atomic mass is 9.78. The molecule has 8 nitrogen and oxygen atoms in total. The van der Waals surface area contributed by atoms with E-state index >= 15 is 0 Å². The molecule has 2 saturated heterocycles. The van der Waals surface area contributed by atoms with E-state index in [-0.39, 0.29) is 17.2 Å². The molecule has 1 spiro atoms. The molecule has 142 valence electrons. The van der Waals surface area contributed by atoms with Crippen molar-refractivity contribution in [1.29, 1.82) is 0 Å². The van der Waals surface area contributed by atoms with Gasteiger partial charge in [0.1, 0.15) is 18.5 Å². The Balaban J connectivity index is 1.47. The summed E-state index contributed by atoms with van der Waals surface area (Å²) in [5.41, 5.74) is 0.149. The third-order valence-electron chi connectivity index (χ3n) is 5.64. The Bertz CT molecular complexity index is 817. The smallest absolute Gasteiger partial charge is 0.255 e. The molecule has 4 heterocycles. The van der Waals surface area contributed by atoms with E-state index < -0.39 is 0 Å². The van der Waals surface area contributed by atoms with Gasteiger partial charge in [-0.2, -0.15) is 0 Å². The second-order valence-corrected chi connectivity index (χ2v) is 7.43. The van der Waals surface area contributed by atoms with Crippen LogP contribution >= 0.6 is 0 Å². The van der Waals surface area contributed by atoms with E-state index in [4.69, 9.17) is 0 Å². The van der Waals surface area contributed by atoms with Crippen molar-refractivity contribution in [3.05, 3.63) is 36.5 Å². The average Bonchev–Trinajstić information content (AvgIpc) is 3.37. The first-order valence-electron chi connectivity index (χ1n) is 9.53. The molecule has 2 aromatic rings. The van der Waals surface area contributed by atoms with Gasteiger partial charge in [0.15, 0.2) is 0 Å². The van der Waals surface area contributed by atoms with E-state index in [2.05, 4.69) is 22.1 Å². The maximum absolute atomic E-state index is 13.0. The number of hydrogen-bond donors (Lipinski definition) is 0. The van der Waals surface area contributed by atoms with Crippen LogP contribution in [0.4, 0.5) is 0 Å². The van der Waals surface area contributed by atoms with E-state index in [1.54, 1.807) is 35.6 Å². The van der Waals surface area contributed by atoms with Gasteiger partial charge in [-0.3, -0.25) is 14.2 Å². The predicted molar refractivity (Wildman–Crippen MR) is 98.2 cm³/mol. The molecule has 0 bridgehead atoms. The molecule has 0 unspecified atom stereocenters. The molecule has 2 amide bonds. The molecule has 0 aromatic carbocycles. The standard InChI is InChI=1S/C19H24N6O2/c1-2-8-23-9-3-6-19(18(23)27)7-10-24(12-19)17(26)15-4-5-16(20-11-15)25-13-21-22-14-25/h4-5,11,13-14H,2-3,6-10,12H2,1H3/t19-/m0/s1. The highest BCUT2D eigenvalue weighted by Gasteiger charge is 2.49. The number of likely N-dealkylation sites (tertiary alicyclic amines) is 2. The van der Waals surface area contributed by atoms with Crippen LogP contribution in [0.25, 0.3) is 5.82 Å². The van der Waals surface area contributed by atoms with Crippen molar-refractivity contribution in [2.45, 2.75) is 32.6 Å². The number of carbonyl (C=O) groups excluding carboxylic acids is 2. The molecule has 2 aliphatic rings. The summed E-state index contributed by atoms with van der Waals surface area (Å²) in [6, 6.07) is 3.54. The number of amides is 2. The van der Waals surface area contributed by atoms with Crippen molar-refractivity contribution < 1.29 is 9.59 Å². The van der Waals surface area contributed by atoms with Gasteiger partial charge in [0.25, 0.3) is 5.91 Å². The highest BCUT2D eigenvalue weighted by Crippen LogP contribution is 2.40. The molecule has 0 aliphatic carbocycles. The largest absolute Gasteiger partial charge is 0.342 e. The molecule has 27 heavy (non-hydrogen) atoms. The van der Waals surface area contributed by atoms with Gasteiger partial charge in [-0.25, -0.2) is 4.98 Å². The molecule has 4 rings (SSSR count). The zero-order chi connectivity index (χ0) is 18.9. The minimum absolute atomic E-state index is 0.0601. The van der Waals surface area contributed by atoms with Gasteiger partial charge in [0.05, 0.1) is 11.0 Å². The average molecular weight is 368 g/mol. The quantitative estimate of drug-likeness (QED) is 0.817. The van der Waals surface area contributed by atoms with Crippen LogP contribution in [0.2, 0.25) is 0 Å². The third kappa shape index (κ3) is 3.20. The number of hydrogen-bond acceptors (Lipinski definition) is 5. The summed E-state index contributed by atoms with van der Waals surface area (Å²) in [5.74, 6) is 0.828. The van der Waals surface area contributed by atoms with Crippen LogP contribution in [-0.2, 0) is 4.79 Å². The fourth-order valence-electron chi connectivity index (χ4n) is 4.23. The number of carbonyl (C=O) groups is 2. The molecule has 8 heteroatoms. The maximum atomic E-state index is 13.0. The Morgan fingerprint density at radius 2 is 2.00 bits per heavy atom. The number of aromatic nitrogens is 4. The molecule has 2 aliphatic heterocycles. The van der Waals surface area contributed by atoms with Crippen molar-refractivity contribution in [1.82, 2.24) is 29.5 Å². The van der Waals surface area contributed by atoms with Crippen molar-refractivity contribution in [3.63, 3.8) is 0 Å². The van der Waals surface area contributed by atoms with Gasteiger partial charge in [-0.05, 0) is 37.8 Å². The van der Waals surface area contributed by atoms with Gasteiger partial charge in [-0.1, -0.05) is 6.92 Å². The van der Waals surface area contributed by atoms with Crippen LogP contribution < -0.4 is 0 Å². The first-order valence-corrected chi connectivity index (χ1v) is 9.53. The van der Waals surface area contributed by atoms with Crippen LogP contribution in [0.15, 0.2) is 31.0 Å². The zero-order valence-corrected chi connectivity index (χ0v) is 15.5. The summed E-state index contributed by atoms with van der Waals surface area (Å²) in [4.78, 5) is 34.0. The number of piperidine rings is 1. The van der Waals surface area contributed by atoms with Gasteiger partial charge in [0.2, 0.25) is 5.91 Å². The second-order valence-electron chi connectivity index (χ2n) is 7.43. The molecular formula is C19H24N6O2. The first-order chi connectivity index (χ1) is 13.1. The van der Waals surface area contributed by atoms with Crippen LogP contribution in [-0.4, -0.2) is 67.5 Å². The maximum Gasteiger partial charge on any atom is 0.255 e. The molecule has 0 N–H and O–H groups in total. The first kappa shape index (κ1) is 17.6. The highest BCUT2D eigenvalue weighted by molar-refractivity contribution is 5.95. The lowest BCUT2D eigenvalue weighted by Crippen LogP contribution is -2.50. The van der Waals surface area contributed by atoms with E-state index in [0.29, 0.717) is 24.5 Å². The normalized spacial score (nSPS) is 22.6. The number of nitrogens with zero attached hydrogens (tertiary/aromatic N) is 6. The topological polar surface area (TPSA) is 84.2 Å². The van der Waals surface area contributed by atoms with E-state index in [1.807, 2.05) is 9.80 Å². The molecular weight excluding hydrogens is 344 g/mol. The Morgan fingerprint density at radius 3 is 2.70 bits per heavy atom. The van der Waals surface area contributed by atoms with Crippen molar-refractivity contribution >= 4 is 11.8 Å². The van der Waals surface area contributed by atoms with Gasteiger partial charge in [0, 0.05) is 32.4 Å². The molecule has 1 atom stereocenters. The van der Waals surface area contributed by atoms with Crippen LogP contribution in [0, 0.1) is 5.41 Å². The summed E-state index contributed by atoms with van der Waals surface area (Å²) in [5, 5.41) is 7.51. The van der Waals surface area contributed by atoms with Crippen LogP contribution in [0.3, 0.4) is 0 Å². The van der Waals surface area contributed by atoms with E-state index in [1.165, 1.54) is 0 Å². The second kappa shape index (κ2) is 7.09. The van der Waals surface area contributed by atoms with Gasteiger partial charge in [-0.15, -0.1) is 10.2 Å². The van der Waals surface area contributed by atoms with Crippen molar-refractivity contribution in [3.8, 4) is 5.82 Å². The minimum Gasteiger partial charge on any atom is -0.342 e. The minimum atomic E-state index is -0.390. The number of pyridine rings is 1. The Kier molecular flexibility index (Phi) is 4.63. The van der Waals surface area contributed by atoms with Gasteiger partial charge < -0.3 is 9.80 Å². The molecule has 2 fully saturated rings. The summed E-state index contributed by atoms with van der Waals surface area (Å²) in [6.45, 7) is 4.88. The predicted octanol–water partition coefficient (Wildman–Crippen LogP) is 1.53. The fraction of sp³-hybridized carbons (Fsp3) is 0.526. The Labute approximate surface area is 158 Å². The highest BCUT2D eigenvalue weighted by atomic mass is 16.2. The van der Waals surface area contributed by atoms with Crippen molar-refractivity contribution in [2.75, 3.05) is 26.2 Å². The summed E-state index contributed by atoms with van der Waals surface area (Å²) < 4.78 is 1.68. The lowest BCUT2D eigenvalue weighted by Gasteiger charge is -2.39. The summed E-state index contributed by atoms with van der Waals surface area (Å²) in [6.07, 6.45) is 8.31. The van der Waals surface area contributed by atoms with E-state index in [0.717, 1.165) is 38.8 Å². The fourth-order valence-corrected chi connectivity index (χ4v) is 4.23. The van der Waals surface area contributed by atoms with Crippen molar-refractivity contribution in [2.24, 2.45) is 5.41 Å². The Hall–Kier alpha value is -2.77. The van der Waals surface area contributed by atoms with Crippen LogP contribution in [0.5, 0.6) is 0 Å². The van der Waals surface area contributed by atoms with Crippen LogP contribution in [0.1, 0.15) is 43.0 Å². The molecule has 0 saturated carbocycles. The monoisotopic (exact) mass is 368 g/mol. The SMILES string of the molecule is CCCN1CCC[C@@]2(CCN(C(=O)c3ccc(-n4cnnc4)nc3)C2)C1=O. The third-order valence-corrected chi connectivity index (χ3v) is 5.64. The summed E-state index contributed by atoms with van der Waals surface area (Å²) >= 11 is 0. The molecule has 0 radical (unpaired) electrons.